The van der Waals surface area contributed by atoms with E-state index in [-0.39, 0.29) is 10.8 Å². The summed E-state index contributed by atoms with van der Waals surface area (Å²) in [5.41, 5.74) is 5.29. The Kier molecular flexibility index (Phi) is 3.36. The minimum atomic E-state index is -3.68. The van der Waals surface area contributed by atoms with E-state index in [2.05, 4.69) is 4.98 Å². The Bertz CT molecular complexity index is 699. The van der Waals surface area contributed by atoms with E-state index in [0.29, 0.717) is 11.4 Å². The molecule has 2 heterocycles. The lowest BCUT2D eigenvalue weighted by molar-refractivity contribution is 0.256. The van der Waals surface area contributed by atoms with E-state index < -0.39 is 15.6 Å². The van der Waals surface area contributed by atoms with Crippen LogP contribution in [-0.4, -0.2) is 34.7 Å². The molecule has 0 fully saturated rings. The van der Waals surface area contributed by atoms with Gasteiger partial charge >= 0.3 is 0 Å². The van der Waals surface area contributed by atoms with Crippen LogP contribution < -0.4 is 5.73 Å². The Morgan fingerprint density at radius 1 is 1.53 bits per heavy atom. The number of thiazole rings is 1. The molecule has 8 heteroatoms. The summed E-state index contributed by atoms with van der Waals surface area (Å²) in [5.74, 6) is 0.0469. The second-order valence-electron chi connectivity index (χ2n) is 5.00. The molecule has 106 valence electrons. The number of anilines is 1. The summed E-state index contributed by atoms with van der Waals surface area (Å²) < 4.78 is 28.3. The van der Waals surface area contributed by atoms with Crippen molar-refractivity contribution < 1.29 is 8.42 Å². The number of imidazole rings is 1. The van der Waals surface area contributed by atoms with Crippen molar-refractivity contribution in [3.8, 4) is 0 Å². The zero-order valence-electron chi connectivity index (χ0n) is 11.4. The molecule has 0 aliphatic heterocycles. The molecule has 0 aliphatic carbocycles. The fourth-order valence-corrected chi connectivity index (χ4v) is 4.24. The first kappa shape index (κ1) is 14.3. The van der Waals surface area contributed by atoms with Gasteiger partial charge in [-0.15, -0.1) is 11.3 Å². The van der Waals surface area contributed by atoms with E-state index in [1.165, 1.54) is 20.0 Å². The quantitative estimate of drug-likeness (QED) is 0.933. The molecule has 2 rings (SSSR count). The molecule has 0 bridgehead atoms. The van der Waals surface area contributed by atoms with E-state index in [0.717, 1.165) is 0 Å². The van der Waals surface area contributed by atoms with Crippen molar-refractivity contribution in [3.63, 3.8) is 0 Å². The molecule has 2 aromatic rings. The molecule has 0 atom stereocenters. The molecule has 0 saturated carbocycles. The van der Waals surface area contributed by atoms with Crippen LogP contribution >= 0.6 is 11.3 Å². The van der Waals surface area contributed by atoms with Crippen LogP contribution in [0.2, 0.25) is 0 Å². The van der Waals surface area contributed by atoms with Crippen LogP contribution in [0.15, 0.2) is 16.6 Å². The molecule has 0 spiro atoms. The normalized spacial score (nSPS) is 13.5. The van der Waals surface area contributed by atoms with Crippen LogP contribution in [0.4, 0.5) is 5.82 Å². The van der Waals surface area contributed by atoms with Crippen molar-refractivity contribution in [3.05, 3.63) is 11.6 Å². The van der Waals surface area contributed by atoms with Crippen molar-refractivity contribution in [1.29, 1.82) is 0 Å². The van der Waals surface area contributed by atoms with Crippen molar-refractivity contribution in [2.75, 3.05) is 12.8 Å². The minimum Gasteiger partial charge on any atom is -0.381 e. The van der Waals surface area contributed by atoms with E-state index in [4.69, 9.17) is 5.73 Å². The summed E-state index contributed by atoms with van der Waals surface area (Å²) in [5, 5.41) is 1.83. The predicted octanol–water partition coefficient (Wildman–Crippen LogP) is 1.79. The number of sulfonamides is 1. The van der Waals surface area contributed by atoms with Gasteiger partial charge in [-0.3, -0.25) is 4.40 Å². The Hall–Kier alpha value is -1.12. The molecule has 0 radical (unpaired) electrons. The molecule has 0 saturated heterocycles. The second kappa shape index (κ2) is 4.46. The maximum Gasteiger partial charge on any atom is 0.263 e. The second-order valence-corrected chi connectivity index (χ2v) is 7.75. The van der Waals surface area contributed by atoms with Crippen molar-refractivity contribution >= 4 is 32.1 Å². The van der Waals surface area contributed by atoms with Gasteiger partial charge in [-0.05, 0) is 20.3 Å². The lowest BCUT2D eigenvalue weighted by Crippen LogP contribution is -2.44. The third kappa shape index (κ3) is 2.13. The Balaban J connectivity index is 2.62. The SMILES string of the molecule is CCC(C)(C)N(C)S(=O)(=O)c1c(N)nc2sccn12. The predicted molar refractivity (Wildman–Crippen MR) is 76.8 cm³/mol. The van der Waals surface area contributed by atoms with Crippen molar-refractivity contribution in [1.82, 2.24) is 13.7 Å². The van der Waals surface area contributed by atoms with Crippen LogP contribution in [0.25, 0.3) is 4.96 Å². The van der Waals surface area contributed by atoms with Gasteiger partial charge in [-0.2, -0.15) is 4.31 Å². The maximum absolute atomic E-state index is 12.7. The zero-order valence-corrected chi connectivity index (χ0v) is 13.0. The highest BCUT2D eigenvalue weighted by molar-refractivity contribution is 7.89. The lowest BCUT2D eigenvalue weighted by atomic mass is 10.0. The number of rotatable bonds is 4. The number of hydrogen-bond donors (Lipinski definition) is 1. The van der Waals surface area contributed by atoms with Gasteiger partial charge in [0.1, 0.15) is 0 Å². The monoisotopic (exact) mass is 302 g/mol. The van der Waals surface area contributed by atoms with Gasteiger partial charge in [0.25, 0.3) is 10.0 Å². The summed E-state index contributed by atoms with van der Waals surface area (Å²) in [7, 11) is -2.10. The molecule has 0 unspecified atom stereocenters. The van der Waals surface area contributed by atoms with Gasteiger partial charge in [0.05, 0.1) is 0 Å². The third-order valence-corrected chi connectivity index (χ3v) is 6.43. The van der Waals surface area contributed by atoms with Crippen LogP contribution in [-0.2, 0) is 10.0 Å². The van der Waals surface area contributed by atoms with Gasteiger partial charge in [-0.25, -0.2) is 13.4 Å². The van der Waals surface area contributed by atoms with Crippen LogP contribution in [0.1, 0.15) is 27.2 Å². The Labute approximate surface area is 116 Å². The van der Waals surface area contributed by atoms with Gasteiger partial charge in [-0.1, -0.05) is 6.92 Å². The van der Waals surface area contributed by atoms with Gasteiger partial charge in [0.15, 0.2) is 15.8 Å². The highest BCUT2D eigenvalue weighted by Crippen LogP contribution is 2.30. The topological polar surface area (TPSA) is 80.7 Å². The van der Waals surface area contributed by atoms with E-state index in [1.807, 2.05) is 20.8 Å². The molecular formula is C11H18N4O2S2. The Morgan fingerprint density at radius 3 is 2.74 bits per heavy atom. The van der Waals surface area contributed by atoms with Crippen LogP contribution in [0.5, 0.6) is 0 Å². The molecule has 0 aliphatic rings. The first-order chi connectivity index (χ1) is 8.71. The minimum absolute atomic E-state index is 0.0469. The fraction of sp³-hybridized carbons (Fsp3) is 0.545. The molecule has 6 nitrogen and oxygen atoms in total. The Morgan fingerprint density at radius 2 is 2.16 bits per heavy atom. The molecule has 0 aromatic carbocycles. The smallest absolute Gasteiger partial charge is 0.263 e. The van der Waals surface area contributed by atoms with Crippen molar-refractivity contribution in [2.45, 2.75) is 37.8 Å². The van der Waals surface area contributed by atoms with Gasteiger partial charge in [0.2, 0.25) is 0 Å². The van der Waals surface area contributed by atoms with Crippen LogP contribution in [0.3, 0.4) is 0 Å². The van der Waals surface area contributed by atoms with E-state index >= 15 is 0 Å². The highest BCUT2D eigenvalue weighted by atomic mass is 32.2. The average molecular weight is 302 g/mol. The standard InChI is InChI=1S/C11H18N4O2S2/c1-5-11(2,3)14(4)19(16,17)9-8(12)13-10-15(9)6-7-18-10/h6-7H,5,12H2,1-4H3. The number of nitrogen functional groups attached to an aromatic ring is 1. The molecule has 19 heavy (non-hydrogen) atoms. The summed E-state index contributed by atoms with van der Waals surface area (Å²) >= 11 is 1.35. The average Bonchev–Trinajstić information content (AvgIpc) is 2.86. The third-order valence-electron chi connectivity index (χ3n) is 3.57. The first-order valence-corrected chi connectivity index (χ1v) is 8.24. The largest absolute Gasteiger partial charge is 0.381 e. The maximum atomic E-state index is 12.7. The molecule has 0 amide bonds. The number of nitrogens with two attached hydrogens (primary N) is 1. The van der Waals surface area contributed by atoms with E-state index in [1.54, 1.807) is 18.6 Å². The number of aromatic nitrogens is 2. The number of hydrogen-bond acceptors (Lipinski definition) is 5. The number of fused-ring (bicyclic) bond motifs is 1. The lowest BCUT2D eigenvalue weighted by Gasteiger charge is -2.33. The van der Waals surface area contributed by atoms with Crippen molar-refractivity contribution in [2.24, 2.45) is 0 Å². The van der Waals surface area contributed by atoms with E-state index in [9.17, 15) is 8.42 Å². The van der Waals surface area contributed by atoms with Gasteiger partial charge in [0, 0.05) is 24.2 Å². The summed E-state index contributed by atoms with van der Waals surface area (Å²) in [6, 6.07) is 0. The summed E-state index contributed by atoms with van der Waals surface area (Å²) in [4.78, 5) is 4.67. The molecule has 2 N–H and O–H groups in total. The zero-order chi connectivity index (χ0) is 14.4. The van der Waals surface area contributed by atoms with Crippen LogP contribution in [0, 0.1) is 0 Å². The molecular weight excluding hydrogens is 284 g/mol. The fourth-order valence-electron chi connectivity index (χ4n) is 1.72. The van der Waals surface area contributed by atoms with Gasteiger partial charge < -0.3 is 5.73 Å². The summed E-state index contributed by atoms with van der Waals surface area (Å²) in [6.45, 7) is 5.71. The highest BCUT2D eigenvalue weighted by Gasteiger charge is 2.36. The molecule has 2 aromatic heterocycles. The number of nitrogens with zero attached hydrogens (tertiary/aromatic N) is 3. The summed E-state index contributed by atoms with van der Waals surface area (Å²) in [6.07, 6.45) is 2.37. The first-order valence-electron chi connectivity index (χ1n) is 5.92.